The van der Waals surface area contributed by atoms with Crippen molar-refractivity contribution >= 4 is 23.4 Å². The third-order valence-corrected chi connectivity index (χ3v) is 5.01. The molecule has 4 heteroatoms. The zero-order valence-corrected chi connectivity index (χ0v) is 13.2. The lowest BCUT2D eigenvalue weighted by molar-refractivity contribution is 0.100. The number of nitrogens with one attached hydrogen (secondary N) is 1. The largest absolute Gasteiger partial charge is 0.381 e. The SMILES string of the molecule is CC(C)NCc1ccc(SC2CCOCC2)c(Cl)c1. The number of benzene rings is 1. The fourth-order valence-corrected chi connectivity index (χ4v) is 3.49. The van der Waals surface area contributed by atoms with Gasteiger partial charge in [0.1, 0.15) is 0 Å². The van der Waals surface area contributed by atoms with Crippen LogP contribution >= 0.6 is 23.4 Å². The van der Waals surface area contributed by atoms with Gasteiger partial charge in [0.2, 0.25) is 0 Å². The molecule has 1 saturated heterocycles. The van der Waals surface area contributed by atoms with Crippen molar-refractivity contribution in [3.63, 3.8) is 0 Å². The van der Waals surface area contributed by atoms with Gasteiger partial charge < -0.3 is 10.1 Å². The van der Waals surface area contributed by atoms with Crippen molar-refractivity contribution in [2.75, 3.05) is 13.2 Å². The van der Waals surface area contributed by atoms with E-state index in [0.29, 0.717) is 11.3 Å². The number of halogens is 1. The molecule has 2 nitrogen and oxygen atoms in total. The summed E-state index contributed by atoms with van der Waals surface area (Å²) < 4.78 is 5.39. The molecule has 0 spiro atoms. The quantitative estimate of drug-likeness (QED) is 0.884. The standard InChI is InChI=1S/C15H22ClNOS/c1-11(2)17-10-12-3-4-15(14(16)9-12)19-13-5-7-18-8-6-13/h3-4,9,11,13,17H,5-8,10H2,1-2H3. The smallest absolute Gasteiger partial charge is 0.0545 e. The zero-order valence-electron chi connectivity index (χ0n) is 11.6. The monoisotopic (exact) mass is 299 g/mol. The third kappa shape index (κ3) is 4.99. The van der Waals surface area contributed by atoms with Gasteiger partial charge in [-0.3, -0.25) is 0 Å². The van der Waals surface area contributed by atoms with Crippen LogP contribution in [0.4, 0.5) is 0 Å². The molecule has 0 atom stereocenters. The fraction of sp³-hybridized carbons (Fsp3) is 0.600. The number of rotatable bonds is 5. The summed E-state index contributed by atoms with van der Waals surface area (Å²) in [5, 5.41) is 4.93. The molecule has 1 aliphatic rings. The van der Waals surface area contributed by atoms with Crippen molar-refractivity contribution < 1.29 is 4.74 Å². The molecule has 19 heavy (non-hydrogen) atoms. The van der Waals surface area contributed by atoms with Gasteiger partial charge in [-0.1, -0.05) is 31.5 Å². The predicted molar refractivity (Wildman–Crippen MR) is 83.1 cm³/mol. The minimum Gasteiger partial charge on any atom is -0.381 e. The number of hydrogen-bond donors (Lipinski definition) is 1. The minimum atomic E-state index is 0.495. The summed E-state index contributed by atoms with van der Waals surface area (Å²) in [6.45, 7) is 6.94. The van der Waals surface area contributed by atoms with Gasteiger partial charge in [-0.15, -0.1) is 11.8 Å². The van der Waals surface area contributed by atoms with Gasteiger partial charge in [-0.2, -0.15) is 0 Å². The Balaban J connectivity index is 1.94. The maximum atomic E-state index is 6.38. The van der Waals surface area contributed by atoms with E-state index in [2.05, 4.69) is 37.4 Å². The molecule has 1 N–H and O–H groups in total. The minimum absolute atomic E-state index is 0.495. The molecule has 0 aromatic heterocycles. The summed E-state index contributed by atoms with van der Waals surface area (Å²) in [5.74, 6) is 0. The average Bonchev–Trinajstić information content (AvgIpc) is 2.40. The molecule has 0 unspecified atom stereocenters. The molecule has 0 bridgehead atoms. The molecule has 1 aromatic rings. The Labute approximate surface area is 125 Å². The van der Waals surface area contributed by atoms with Crippen LogP contribution in [0.5, 0.6) is 0 Å². The summed E-state index contributed by atoms with van der Waals surface area (Å²) in [7, 11) is 0. The Morgan fingerprint density at radius 2 is 2.11 bits per heavy atom. The Morgan fingerprint density at radius 1 is 1.37 bits per heavy atom. The molecule has 0 amide bonds. The van der Waals surface area contributed by atoms with Crippen LogP contribution in [-0.2, 0) is 11.3 Å². The van der Waals surface area contributed by atoms with Crippen molar-refractivity contribution in [2.45, 2.75) is 49.4 Å². The molecule has 0 aliphatic carbocycles. The van der Waals surface area contributed by atoms with Crippen molar-refractivity contribution in [2.24, 2.45) is 0 Å². The predicted octanol–water partition coefficient (Wildman–Crippen LogP) is 4.11. The second-order valence-corrected chi connectivity index (χ2v) is 6.98. The van der Waals surface area contributed by atoms with Gasteiger partial charge in [0.25, 0.3) is 0 Å². The molecule has 1 heterocycles. The van der Waals surface area contributed by atoms with E-state index in [9.17, 15) is 0 Å². The topological polar surface area (TPSA) is 21.3 Å². The summed E-state index contributed by atoms with van der Waals surface area (Å²) >= 11 is 8.28. The highest BCUT2D eigenvalue weighted by molar-refractivity contribution is 8.00. The number of thioether (sulfide) groups is 1. The number of hydrogen-bond acceptors (Lipinski definition) is 3. The van der Waals surface area contributed by atoms with Gasteiger partial charge in [0.15, 0.2) is 0 Å². The highest BCUT2D eigenvalue weighted by Gasteiger charge is 2.16. The van der Waals surface area contributed by atoms with Crippen LogP contribution in [-0.4, -0.2) is 24.5 Å². The Bertz CT molecular complexity index is 405. The van der Waals surface area contributed by atoms with Crippen LogP contribution in [0.2, 0.25) is 5.02 Å². The van der Waals surface area contributed by atoms with E-state index < -0.39 is 0 Å². The highest BCUT2D eigenvalue weighted by Crippen LogP contribution is 2.34. The van der Waals surface area contributed by atoms with Crippen LogP contribution in [0.1, 0.15) is 32.3 Å². The van der Waals surface area contributed by atoms with Gasteiger partial charge in [0, 0.05) is 35.9 Å². The third-order valence-electron chi connectivity index (χ3n) is 3.17. The lowest BCUT2D eigenvalue weighted by atomic mass is 10.2. The van der Waals surface area contributed by atoms with E-state index in [4.69, 9.17) is 16.3 Å². The van der Waals surface area contributed by atoms with Gasteiger partial charge >= 0.3 is 0 Å². The Kier molecular flexibility index (Phi) is 6.02. The van der Waals surface area contributed by atoms with Crippen LogP contribution in [0.3, 0.4) is 0 Å². The van der Waals surface area contributed by atoms with E-state index in [0.717, 1.165) is 37.6 Å². The second-order valence-electron chi connectivity index (χ2n) is 5.23. The molecule has 1 fully saturated rings. The summed E-state index contributed by atoms with van der Waals surface area (Å²) in [4.78, 5) is 1.20. The van der Waals surface area contributed by atoms with Gasteiger partial charge in [-0.25, -0.2) is 0 Å². The molecular formula is C15H22ClNOS. The normalized spacial score (nSPS) is 17.1. The highest BCUT2D eigenvalue weighted by atomic mass is 35.5. The first kappa shape index (κ1) is 15.2. The van der Waals surface area contributed by atoms with Gasteiger partial charge in [0.05, 0.1) is 5.02 Å². The molecule has 2 rings (SSSR count). The van der Waals surface area contributed by atoms with E-state index >= 15 is 0 Å². The second kappa shape index (κ2) is 7.53. The molecule has 1 aliphatic heterocycles. The zero-order chi connectivity index (χ0) is 13.7. The van der Waals surface area contributed by atoms with E-state index in [1.807, 2.05) is 11.8 Å². The van der Waals surface area contributed by atoms with E-state index in [1.165, 1.54) is 10.5 Å². The van der Waals surface area contributed by atoms with Crippen LogP contribution in [0, 0.1) is 0 Å². The van der Waals surface area contributed by atoms with E-state index in [1.54, 1.807) is 0 Å². The van der Waals surface area contributed by atoms with Crippen LogP contribution in [0.25, 0.3) is 0 Å². The van der Waals surface area contributed by atoms with Gasteiger partial charge in [-0.05, 0) is 30.5 Å². The van der Waals surface area contributed by atoms with Crippen molar-refractivity contribution in [1.82, 2.24) is 5.32 Å². The molecule has 1 aromatic carbocycles. The maximum Gasteiger partial charge on any atom is 0.0545 e. The van der Waals surface area contributed by atoms with Crippen molar-refractivity contribution in [1.29, 1.82) is 0 Å². The first-order chi connectivity index (χ1) is 9.15. The summed E-state index contributed by atoms with van der Waals surface area (Å²) in [5.41, 5.74) is 1.25. The number of ether oxygens (including phenoxy) is 1. The average molecular weight is 300 g/mol. The lowest BCUT2D eigenvalue weighted by Gasteiger charge is -2.22. The molecule has 106 valence electrons. The van der Waals surface area contributed by atoms with Crippen LogP contribution in [0.15, 0.2) is 23.1 Å². The Morgan fingerprint density at radius 3 is 2.74 bits per heavy atom. The first-order valence-corrected chi connectivity index (χ1v) is 8.17. The molecule has 0 saturated carbocycles. The summed E-state index contributed by atoms with van der Waals surface area (Å²) in [6, 6.07) is 6.90. The Hall–Kier alpha value is -0.220. The van der Waals surface area contributed by atoms with E-state index in [-0.39, 0.29) is 0 Å². The van der Waals surface area contributed by atoms with Crippen LogP contribution < -0.4 is 5.32 Å². The lowest BCUT2D eigenvalue weighted by Crippen LogP contribution is -2.21. The van der Waals surface area contributed by atoms with Crippen molar-refractivity contribution in [3.8, 4) is 0 Å². The molecular weight excluding hydrogens is 278 g/mol. The maximum absolute atomic E-state index is 6.38. The summed E-state index contributed by atoms with van der Waals surface area (Å²) in [6.07, 6.45) is 2.25. The van der Waals surface area contributed by atoms with Crippen molar-refractivity contribution in [3.05, 3.63) is 28.8 Å². The molecule has 0 radical (unpaired) electrons. The first-order valence-electron chi connectivity index (χ1n) is 6.91. The fourth-order valence-electron chi connectivity index (χ4n) is 2.05.